The van der Waals surface area contributed by atoms with Crippen molar-refractivity contribution in [3.8, 4) is 11.5 Å². The van der Waals surface area contributed by atoms with E-state index in [-0.39, 0.29) is 5.91 Å². The minimum atomic E-state index is -0.210. The highest BCUT2D eigenvalue weighted by Gasteiger charge is 2.14. The van der Waals surface area contributed by atoms with Crippen LogP contribution in [0.3, 0.4) is 0 Å². The van der Waals surface area contributed by atoms with Gasteiger partial charge in [-0.3, -0.25) is 4.79 Å². The molecule has 0 radical (unpaired) electrons. The fourth-order valence-corrected chi connectivity index (χ4v) is 2.04. The molecule has 2 aromatic rings. The van der Waals surface area contributed by atoms with Gasteiger partial charge in [-0.1, -0.05) is 18.2 Å². The van der Waals surface area contributed by atoms with E-state index in [2.05, 4.69) is 5.32 Å². The third kappa shape index (κ3) is 3.08. The van der Waals surface area contributed by atoms with Gasteiger partial charge >= 0.3 is 0 Å². The van der Waals surface area contributed by atoms with E-state index in [1.807, 2.05) is 25.1 Å². The van der Waals surface area contributed by atoms with Crippen LogP contribution in [0.2, 0.25) is 0 Å². The molecule has 0 fully saturated rings. The lowest BCUT2D eigenvalue weighted by Gasteiger charge is -2.14. The van der Waals surface area contributed by atoms with Crippen molar-refractivity contribution in [2.75, 3.05) is 25.3 Å². The number of rotatable bonds is 4. The molecule has 0 aliphatic carbocycles. The maximum absolute atomic E-state index is 12.3. The zero-order chi connectivity index (χ0) is 15.4. The van der Waals surface area contributed by atoms with Crippen LogP contribution in [0.4, 0.5) is 11.4 Å². The van der Waals surface area contributed by atoms with Gasteiger partial charge in [-0.2, -0.15) is 0 Å². The van der Waals surface area contributed by atoms with Crippen LogP contribution >= 0.6 is 0 Å². The van der Waals surface area contributed by atoms with Gasteiger partial charge in [-0.15, -0.1) is 0 Å². The van der Waals surface area contributed by atoms with E-state index in [1.54, 1.807) is 18.2 Å². The Labute approximate surface area is 123 Å². The predicted octanol–water partition coefficient (Wildman–Crippen LogP) is 2.85. The normalized spacial score (nSPS) is 10.0. The van der Waals surface area contributed by atoms with Gasteiger partial charge < -0.3 is 20.5 Å². The van der Waals surface area contributed by atoms with E-state index in [1.165, 1.54) is 14.2 Å². The number of anilines is 2. The molecule has 0 aromatic heterocycles. The molecule has 3 N–H and O–H groups in total. The van der Waals surface area contributed by atoms with Crippen LogP contribution < -0.4 is 20.5 Å². The van der Waals surface area contributed by atoms with Crippen LogP contribution in [-0.2, 0) is 0 Å². The lowest BCUT2D eigenvalue weighted by molar-refractivity contribution is 0.102. The first-order chi connectivity index (χ1) is 10.1. The molecule has 1 amide bonds. The van der Waals surface area contributed by atoms with Crippen molar-refractivity contribution in [2.24, 2.45) is 0 Å². The third-order valence-corrected chi connectivity index (χ3v) is 3.19. The number of carbonyl (C=O) groups excluding carboxylic acids is 1. The first-order valence-corrected chi connectivity index (χ1v) is 6.45. The predicted molar refractivity (Wildman–Crippen MR) is 83.1 cm³/mol. The Morgan fingerprint density at radius 2 is 1.76 bits per heavy atom. The number of hydrogen-bond donors (Lipinski definition) is 2. The van der Waals surface area contributed by atoms with Crippen LogP contribution in [-0.4, -0.2) is 20.1 Å². The van der Waals surface area contributed by atoms with E-state index < -0.39 is 0 Å². The zero-order valence-electron chi connectivity index (χ0n) is 12.3. The topological polar surface area (TPSA) is 73.6 Å². The maximum Gasteiger partial charge on any atom is 0.256 e. The molecule has 0 aliphatic heterocycles. The minimum absolute atomic E-state index is 0.210. The summed E-state index contributed by atoms with van der Waals surface area (Å²) in [5.74, 6) is 0.754. The molecule has 0 spiro atoms. The van der Waals surface area contributed by atoms with E-state index >= 15 is 0 Å². The fraction of sp³-hybridized carbons (Fsp3) is 0.188. The summed E-state index contributed by atoms with van der Waals surface area (Å²) in [4.78, 5) is 12.3. The second-order valence-electron chi connectivity index (χ2n) is 4.56. The number of nitrogen functional groups attached to an aromatic ring is 1. The van der Waals surface area contributed by atoms with Gasteiger partial charge in [0.25, 0.3) is 5.91 Å². The summed E-state index contributed by atoms with van der Waals surface area (Å²) in [6.07, 6.45) is 0. The van der Waals surface area contributed by atoms with Crippen molar-refractivity contribution in [3.63, 3.8) is 0 Å². The van der Waals surface area contributed by atoms with Gasteiger partial charge in [0.15, 0.2) is 0 Å². The van der Waals surface area contributed by atoms with Crippen molar-refractivity contribution in [3.05, 3.63) is 47.5 Å². The minimum Gasteiger partial charge on any atom is -0.495 e. The summed E-state index contributed by atoms with van der Waals surface area (Å²) in [7, 11) is 3.04. The van der Waals surface area contributed by atoms with Crippen LogP contribution in [0, 0.1) is 6.92 Å². The Balaban J connectivity index is 2.35. The lowest BCUT2D eigenvalue weighted by Crippen LogP contribution is -2.14. The second kappa shape index (κ2) is 6.17. The molecule has 0 atom stereocenters. The van der Waals surface area contributed by atoms with Gasteiger partial charge in [0.1, 0.15) is 11.5 Å². The monoisotopic (exact) mass is 286 g/mol. The summed E-state index contributed by atoms with van der Waals surface area (Å²) in [5, 5.41) is 2.82. The molecule has 21 heavy (non-hydrogen) atoms. The van der Waals surface area contributed by atoms with Gasteiger partial charge in [-0.05, 0) is 18.6 Å². The molecule has 2 aromatic carbocycles. The molecule has 0 saturated heterocycles. The van der Waals surface area contributed by atoms with Crippen molar-refractivity contribution < 1.29 is 14.3 Å². The largest absolute Gasteiger partial charge is 0.495 e. The van der Waals surface area contributed by atoms with Crippen molar-refractivity contribution in [2.45, 2.75) is 6.92 Å². The zero-order valence-corrected chi connectivity index (χ0v) is 12.3. The summed E-state index contributed by atoms with van der Waals surface area (Å²) in [6.45, 7) is 1.88. The highest BCUT2D eigenvalue weighted by atomic mass is 16.5. The maximum atomic E-state index is 12.3. The highest BCUT2D eigenvalue weighted by molar-refractivity contribution is 6.06. The molecule has 110 valence electrons. The molecule has 0 aliphatic rings. The average Bonchev–Trinajstić information content (AvgIpc) is 2.48. The van der Waals surface area contributed by atoms with Crippen molar-refractivity contribution in [1.29, 1.82) is 0 Å². The number of carbonyl (C=O) groups is 1. The molecule has 5 nitrogen and oxygen atoms in total. The van der Waals surface area contributed by atoms with Gasteiger partial charge in [0, 0.05) is 17.7 Å². The molecular weight excluding hydrogens is 268 g/mol. The summed E-state index contributed by atoms with van der Waals surface area (Å²) >= 11 is 0. The standard InChI is InChI=1S/C16H18N2O3/c1-10-6-4-5-7-11(10)16(19)18-13-9-14(20-2)12(17)8-15(13)21-3/h4-9H,17H2,1-3H3,(H,18,19). The summed E-state index contributed by atoms with van der Waals surface area (Å²) in [5.41, 5.74) is 8.29. The molecular formula is C16H18N2O3. The number of amides is 1. The van der Waals surface area contributed by atoms with E-state index in [4.69, 9.17) is 15.2 Å². The number of aryl methyl sites for hydroxylation is 1. The third-order valence-electron chi connectivity index (χ3n) is 3.19. The van der Waals surface area contributed by atoms with Crippen LogP contribution in [0.5, 0.6) is 11.5 Å². The SMILES string of the molecule is COc1cc(NC(=O)c2ccccc2C)c(OC)cc1N. The number of ether oxygens (including phenoxy) is 2. The lowest BCUT2D eigenvalue weighted by atomic mass is 10.1. The molecule has 2 rings (SSSR count). The molecule has 5 heteroatoms. The Morgan fingerprint density at radius 3 is 2.38 bits per heavy atom. The molecule has 0 bridgehead atoms. The van der Waals surface area contributed by atoms with E-state index in [9.17, 15) is 4.79 Å². The van der Waals surface area contributed by atoms with Gasteiger partial charge in [0.2, 0.25) is 0 Å². The van der Waals surface area contributed by atoms with Crippen LogP contribution in [0.15, 0.2) is 36.4 Å². The average molecular weight is 286 g/mol. The highest BCUT2D eigenvalue weighted by Crippen LogP contribution is 2.34. The Morgan fingerprint density at radius 1 is 1.10 bits per heavy atom. The van der Waals surface area contributed by atoms with Crippen LogP contribution in [0.1, 0.15) is 15.9 Å². The number of hydrogen-bond acceptors (Lipinski definition) is 4. The van der Waals surface area contributed by atoms with E-state index in [0.29, 0.717) is 28.4 Å². The van der Waals surface area contributed by atoms with Crippen molar-refractivity contribution >= 4 is 17.3 Å². The number of methoxy groups -OCH3 is 2. The number of nitrogens with two attached hydrogens (primary N) is 1. The Bertz CT molecular complexity index is 669. The quantitative estimate of drug-likeness (QED) is 0.848. The Kier molecular flexibility index (Phi) is 4.33. The number of nitrogens with one attached hydrogen (secondary N) is 1. The van der Waals surface area contributed by atoms with E-state index in [0.717, 1.165) is 5.56 Å². The first kappa shape index (κ1) is 14.7. The second-order valence-corrected chi connectivity index (χ2v) is 4.56. The summed E-state index contributed by atoms with van der Waals surface area (Å²) < 4.78 is 10.4. The van der Waals surface area contributed by atoms with Crippen molar-refractivity contribution in [1.82, 2.24) is 0 Å². The first-order valence-electron chi connectivity index (χ1n) is 6.45. The smallest absolute Gasteiger partial charge is 0.256 e. The Hall–Kier alpha value is -2.69. The number of benzene rings is 2. The molecule has 0 saturated carbocycles. The van der Waals surface area contributed by atoms with Gasteiger partial charge in [-0.25, -0.2) is 0 Å². The fourth-order valence-electron chi connectivity index (χ4n) is 2.04. The molecule has 0 heterocycles. The van der Waals surface area contributed by atoms with Crippen LogP contribution in [0.25, 0.3) is 0 Å². The summed E-state index contributed by atoms with van der Waals surface area (Å²) in [6, 6.07) is 10.6. The van der Waals surface area contributed by atoms with Gasteiger partial charge in [0.05, 0.1) is 25.6 Å². The molecule has 0 unspecified atom stereocenters.